The molecule has 1 rings (SSSR count). The van der Waals surface area contributed by atoms with Crippen molar-refractivity contribution in [3.63, 3.8) is 0 Å². The molecule has 0 radical (unpaired) electrons. The summed E-state index contributed by atoms with van der Waals surface area (Å²) in [6.07, 6.45) is -5.19. The van der Waals surface area contributed by atoms with Gasteiger partial charge in [0, 0.05) is 6.04 Å². The molecule has 0 saturated heterocycles. The molecule has 1 N–H and O–H groups in total. The van der Waals surface area contributed by atoms with E-state index in [1.54, 1.807) is 0 Å². The molecule has 86 valence electrons. The number of hydrogen-bond donors (Lipinski definition) is 1. The van der Waals surface area contributed by atoms with E-state index in [-0.39, 0.29) is 17.8 Å². The molecule has 1 aromatic rings. The molecule has 8 heteroatoms. The van der Waals surface area contributed by atoms with Crippen LogP contribution >= 0.6 is 11.6 Å². The van der Waals surface area contributed by atoms with Crippen molar-refractivity contribution in [2.45, 2.75) is 31.4 Å². The molecule has 0 aliphatic carbocycles. The zero-order valence-electron chi connectivity index (χ0n) is 7.81. The number of alkyl halides is 4. The number of hydrogen-bond acceptors (Lipinski definition) is 4. The molecular weight excluding hydrogens is 235 g/mol. The first-order valence-electron chi connectivity index (χ1n) is 4.12. The Balaban J connectivity index is 2.47. The van der Waals surface area contributed by atoms with Crippen LogP contribution in [0.4, 0.5) is 19.2 Å². The molecule has 0 spiro atoms. The summed E-state index contributed by atoms with van der Waals surface area (Å²) in [4.78, 5) is 0. The average molecular weight is 244 g/mol. The monoisotopic (exact) mass is 243 g/mol. The molecule has 4 nitrogen and oxygen atoms in total. The number of rotatable bonds is 4. The molecule has 0 amide bonds. The largest absolute Gasteiger partial charge is 0.407 e. The SMILES string of the molecule is CC(CC(F)(F)F)Nc1nnc(CCl)o1. The minimum atomic E-state index is -4.22. The van der Waals surface area contributed by atoms with Crippen LogP contribution in [-0.4, -0.2) is 22.4 Å². The van der Waals surface area contributed by atoms with Gasteiger partial charge < -0.3 is 9.73 Å². The Morgan fingerprint density at radius 3 is 2.60 bits per heavy atom. The van der Waals surface area contributed by atoms with E-state index in [0.29, 0.717) is 0 Å². The molecule has 0 fully saturated rings. The standard InChI is InChI=1S/C7H9ClF3N3O/c1-4(2-7(9,10)11)12-6-14-13-5(3-8)15-6/h4H,2-3H2,1H3,(H,12,14). The molecule has 0 aromatic carbocycles. The zero-order valence-corrected chi connectivity index (χ0v) is 8.56. The minimum absolute atomic E-state index is 0.0301. The van der Waals surface area contributed by atoms with E-state index in [4.69, 9.17) is 16.0 Å². The Hall–Kier alpha value is -0.980. The molecule has 0 aliphatic rings. The minimum Gasteiger partial charge on any atom is -0.407 e. The summed E-state index contributed by atoms with van der Waals surface area (Å²) >= 11 is 5.38. The predicted molar refractivity (Wildman–Crippen MR) is 47.6 cm³/mol. The average Bonchev–Trinajstić information content (AvgIpc) is 2.48. The highest BCUT2D eigenvalue weighted by Gasteiger charge is 2.30. The van der Waals surface area contributed by atoms with Crippen molar-refractivity contribution in [3.8, 4) is 0 Å². The molecule has 1 heterocycles. The third-order valence-electron chi connectivity index (χ3n) is 1.49. The van der Waals surface area contributed by atoms with E-state index in [9.17, 15) is 13.2 Å². The van der Waals surface area contributed by atoms with Crippen molar-refractivity contribution in [1.29, 1.82) is 0 Å². The number of aromatic nitrogens is 2. The van der Waals surface area contributed by atoms with Gasteiger partial charge in [0.15, 0.2) is 0 Å². The zero-order chi connectivity index (χ0) is 11.5. The fourth-order valence-corrected chi connectivity index (χ4v) is 1.08. The second-order valence-electron chi connectivity index (χ2n) is 3.00. The molecule has 15 heavy (non-hydrogen) atoms. The lowest BCUT2D eigenvalue weighted by molar-refractivity contribution is -0.136. The lowest BCUT2D eigenvalue weighted by Gasteiger charge is -2.13. The quantitative estimate of drug-likeness (QED) is 0.826. The fourth-order valence-electron chi connectivity index (χ4n) is 0.975. The third-order valence-corrected chi connectivity index (χ3v) is 1.72. The van der Waals surface area contributed by atoms with Crippen LogP contribution in [0.5, 0.6) is 0 Å². The molecule has 0 bridgehead atoms. The fraction of sp³-hybridized carbons (Fsp3) is 0.714. The van der Waals surface area contributed by atoms with Crippen molar-refractivity contribution >= 4 is 17.6 Å². The van der Waals surface area contributed by atoms with Gasteiger partial charge in [0.05, 0.1) is 6.42 Å². The Morgan fingerprint density at radius 2 is 2.13 bits per heavy atom. The van der Waals surface area contributed by atoms with Gasteiger partial charge in [0.1, 0.15) is 5.88 Å². The molecule has 0 aliphatic heterocycles. The van der Waals surface area contributed by atoms with Gasteiger partial charge in [-0.05, 0) is 6.92 Å². The van der Waals surface area contributed by atoms with Crippen LogP contribution in [0.3, 0.4) is 0 Å². The van der Waals surface area contributed by atoms with Gasteiger partial charge in [-0.2, -0.15) is 13.2 Å². The van der Waals surface area contributed by atoms with Gasteiger partial charge in [-0.15, -0.1) is 16.7 Å². The first-order chi connectivity index (χ1) is 6.90. The van der Waals surface area contributed by atoms with Crippen molar-refractivity contribution in [3.05, 3.63) is 5.89 Å². The highest BCUT2D eigenvalue weighted by atomic mass is 35.5. The summed E-state index contributed by atoms with van der Waals surface area (Å²) in [5, 5.41) is 9.40. The predicted octanol–water partition coefficient (Wildman–Crippen LogP) is 2.56. The summed E-state index contributed by atoms with van der Waals surface area (Å²) < 4.78 is 40.7. The van der Waals surface area contributed by atoms with E-state index in [1.165, 1.54) is 6.92 Å². The summed E-state index contributed by atoms with van der Waals surface area (Å²) in [5.41, 5.74) is 0. The Morgan fingerprint density at radius 1 is 1.47 bits per heavy atom. The number of nitrogens with zero attached hydrogens (tertiary/aromatic N) is 2. The van der Waals surface area contributed by atoms with Crippen LogP contribution in [0.25, 0.3) is 0 Å². The van der Waals surface area contributed by atoms with Gasteiger partial charge in [-0.25, -0.2) is 0 Å². The van der Waals surface area contributed by atoms with E-state index in [1.807, 2.05) is 0 Å². The van der Waals surface area contributed by atoms with Gasteiger partial charge in [-0.1, -0.05) is 5.10 Å². The highest BCUT2D eigenvalue weighted by Crippen LogP contribution is 2.22. The summed E-state index contributed by atoms with van der Waals surface area (Å²) in [5.74, 6) is 0.195. The Kier molecular flexibility index (Phi) is 3.78. The molecular formula is C7H9ClF3N3O. The van der Waals surface area contributed by atoms with Crippen molar-refractivity contribution < 1.29 is 17.6 Å². The number of halogens is 4. The maximum absolute atomic E-state index is 12.0. The third kappa shape index (κ3) is 4.37. The van der Waals surface area contributed by atoms with Gasteiger partial charge in [0.2, 0.25) is 5.89 Å². The second-order valence-corrected chi connectivity index (χ2v) is 3.27. The first kappa shape index (κ1) is 12.1. The molecule has 1 aromatic heterocycles. The number of anilines is 1. The van der Waals surface area contributed by atoms with Crippen LogP contribution in [0.2, 0.25) is 0 Å². The molecule has 1 unspecified atom stereocenters. The lowest BCUT2D eigenvalue weighted by atomic mass is 10.2. The summed E-state index contributed by atoms with van der Waals surface area (Å²) in [6, 6.07) is -0.879. The van der Waals surface area contributed by atoms with Crippen LogP contribution < -0.4 is 5.32 Å². The normalized spacial score (nSPS) is 13.9. The van der Waals surface area contributed by atoms with E-state index in [2.05, 4.69) is 15.5 Å². The lowest BCUT2D eigenvalue weighted by Crippen LogP contribution is -2.23. The molecule has 1 atom stereocenters. The van der Waals surface area contributed by atoms with E-state index < -0.39 is 18.6 Å². The second kappa shape index (κ2) is 4.69. The van der Waals surface area contributed by atoms with E-state index >= 15 is 0 Å². The van der Waals surface area contributed by atoms with Crippen molar-refractivity contribution in [2.75, 3.05) is 5.32 Å². The van der Waals surface area contributed by atoms with Gasteiger partial charge in [0.25, 0.3) is 0 Å². The maximum Gasteiger partial charge on any atom is 0.391 e. The van der Waals surface area contributed by atoms with Crippen LogP contribution in [-0.2, 0) is 5.88 Å². The number of nitrogens with one attached hydrogen (secondary N) is 1. The van der Waals surface area contributed by atoms with Crippen LogP contribution in [0.1, 0.15) is 19.2 Å². The highest BCUT2D eigenvalue weighted by molar-refractivity contribution is 6.16. The topological polar surface area (TPSA) is 51.0 Å². The summed E-state index contributed by atoms with van der Waals surface area (Å²) in [7, 11) is 0. The Bertz CT molecular complexity index is 315. The van der Waals surface area contributed by atoms with E-state index in [0.717, 1.165) is 0 Å². The summed E-state index contributed by atoms with van der Waals surface area (Å²) in [6.45, 7) is 1.37. The van der Waals surface area contributed by atoms with Gasteiger partial charge in [-0.3, -0.25) is 0 Å². The van der Waals surface area contributed by atoms with Crippen molar-refractivity contribution in [2.24, 2.45) is 0 Å². The van der Waals surface area contributed by atoms with Crippen molar-refractivity contribution in [1.82, 2.24) is 10.2 Å². The van der Waals surface area contributed by atoms with Gasteiger partial charge >= 0.3 is 12.2 Å². The molecule has 0 saturated carbocycles. The smallest absolute Gasteiger partial charge is 0.391 e. The maximum atomic E-state index is 12.0. The van der Waals surface area contributed by atoms with Crippen LogP contribution in [0, 0.1) is 0 Å². The Labute approximate surface area is 88.8 Å². The van der Waals surface area contributed by atoms with Crippen LogP contribution in [0.15, 0.2) is 4.42 Å². The first-order valence-corrected chi connectivity index (χ1v) is 4.66.